The van der Waals surface area contributed by atoms with Crippen LogP contribution >= 0.6 is 11.8 Å². The summed E-state index contributed by atoms with van der Waals surface area (Å²) in [5.41, 5.74) is 0.841. The van der Waals surface area contributed by atoms with Crippen LogP contribution in [0.2, 0.25) is 0 Å². The van der Waals surface area contributed by atoms with Crippen molar-refractivity contribution in [1.29, 1.82) is 0 Å². The number of aryl methyl sites for hydroxylation is 1. The summed E-state index contributed by atoms with van der Waals surface area (Å²) in [4.78, 5) is 0. The van der Waals surface area contributed by atoms with Crippen molar-refractivity contribution in [1.82, 2.24) is 5.32 Å². The van der Waals surface area contributed by atoms with Gasteiger partial charge < -0.3 is 15.2 Å². The lowest BCUT2D eigenvalue weighted by Crippen LogP contribution is -2.43. The van der Waals surface area contributed by atoms with E-state index in [0.29, 0.717) is 12.6 Å². The van der Waals surface area contributed by atoms with E-state index in [-0.39, 0.29) is 0 Å². The standard InChI is InChI=1S/C16H25NO2S/c1-13(17-11-16(18)9-10-20-12-16)3-4-14-5-7-15(19-2)8-6-14/h5-8,13,17-18H,3-4,9-12H2,1-2H3. The molecule has 1 heterocycles. The van der Waals surface area contributed by atoms with Gasteiger partial charge in [0.2, 0.25) is 0 Å². The highest BCUT2D eigenvalue weighted by atomic mass is 32.2. The van der Waals surface area contributed by atoms with E-state index in [1.165, 1.54) is 5.56 Å². The predicted molar refractivity (Wildman–Crippen MR) is 85.7 cm³/mol. The van der Waals surface area contributed by atoms with Crippen molar-refractivity contribution < 1.29 is 9.84 Å². The summed E-state index contributed by atoms with van der Waals surface area (Å²) in [6.45, 7) is 2.90. The van der Waals surface area contributed by atoms with Crippen LogP contribution in [0.1, 0.15) is 25.3 Å². The van der Waals surface area contributed by atoms with E-state index in [9.17, 15) is 5.11 Å². The maximum Gasteiger partial charge on any atom is 0.118 e. The molecule has 1 aromatic rings. The molecule has 112 valence electrons. The minimum Gasteiger partial charge on any atom is -0.497 e. The van der Waals surface area contributed by atoms with Gasteiger partial charge >= 0.3 is 0 Å². The smallest absolute Gasteiger partial charge is 0.118 e. The Labute approximate surface area is 126 Å². The van der Waals surface area contributed by atoms with Crippen LogP contribution in [-0.4, -0.2) is 41.9 Å². The molecule has 0 saturated carbocycles. The number of rotatable bonds is 7. The van der Waals surface area contributed by atoms with Crippen molar-refractivity contribution >= 4 is 11.8 Å². The lowest BCUT2D eigenvalue weighted by Gasteiger charge is -2.24. The Morgan fingerprint density at radius 1 is 1.40 bits per heavy atom. The van der Waals surface area contributed by atoms with Crippen molar-refractivity contribution in [2.24, 2.45) is 0 Å². The molecule has 2 rings (SSSR count). The molecule has 3 nitrogen and oxygen atoms in total. The SMILES string of the molecule is COc1ccc(CCC(C)NCC2(O)CCSC2)cc1. The summed E-state index contributed by atoms with van der Waals surface area (Å²) in [7, 11) is 1.69. The first-order chi connectivity index (χ1) is 9.61. The third kappa shape index (κ3) is 4.69. The fourth-order valence-corrected chi connectivity index (χ4v) is 3.67. The third-order valence-corrected chi connectivity index (χ3v) is 5.12. The van der Waals surface area contributed by atoms with Gasteiger partial charge in [-0.25, -0.2) is 0 Å². The third-order valence-electron chi connectivity index (χ3n) is 3.89. The highest BCUT2D eigenvalue weighted by Crippen LogP contribution is 2.27. The molecule has 2 N–H and O–H groups in total. The molecular formula is C16H25NO2S. The Bertz CT molecular complexity index is 401. The molecule has 0 amide bonds. The van der Waals surface area contributed by atoms with E-state index >= 15 is 0 Å². The van der Waals surface area contributed by atoms with E-state index in [1.54, 1.807) is 7.11 Å². The van der Waals surface area contributed by atoms with Crippen molar-refractivity contribution in [3.8, 4) is 5.75 Å². The van der Waals surface area contributed by atoms with Gasteiger partial charge in [-0.15, -0.1) is 0 Å². The minimum atomic E-state index is -0.487. The first-order valence-electron chi connectivity index (χ1n) is 7.28. The minimum absolute atomic E-state index is 0.423. The van der Waals surface area contributed by atoms with Gasteiger partial charge in [0.05, 0.1) is 12.7 Å². The lowest BCUT2D eigenvalue weighted by molar-refractivity contribution is 0.0649. The van der Waals surface area contributed by atoms with E-state index in [0.717, 1.165) is 36.5 Å². The molecule has 1 fully saturated rings. The second-order valence-electron chi connectivity index (χ2n) is 5.70. The average Bonchev–Trinajstić information content (AvgIpc) is 2.91. The summed E-state index contributed by atoms with van der Waals surface area (Å²) in [5, 5.41) is 13.8. The number of aliphatic hydroxyl groups is 1. The monoisotopic (exact) mass is 295 g/mol. The van der Waals surface area contributed by atoms with Crippen molar-refractivity contribution in [2.75, 3.05) is 25.2 Å². The van der Waals surface area contributed by atoms with Gasteiger partial charge in [0, 0.05) is 18.3 Å². The largest absolute Gasteiger partial charge is 0.497 e. The topological polar surface area (TPSA) is 41.5 Å². The van der Waals surface area contributed by atoms with Crippen LogP contribution in [0, 0.1) is 0 Å². The maximum absolute atomic E-state index is 10.3. The second-order valence-corrected chi connectivity index (χ2v) is 6.80. The highest BCUT2D eigenvalue weighted by Gasteiger charge is 2.31. The lowest BCUT2D eigenvalue weighted by atomic mass is 10.0. The van der Waals surface area contributed by atoms with E-state index in [4.69, 9.17) is 4.74 Å². The molecule has 0 radical (unpaired) electrons. The Kier molecular flexibility index (Phi) is 5.75. The van der Waals surface area contributed by atoms with E-state index in [2.05, 4.69) is 24.4 Å². The Morgan fingerprint density at radius 3 is 2.75 bits per heavy atom. The molecule has 1 aromatic carbocycles. The molecule has 0 bridgehead atoms. The number of hydrogen-bond acceptors (Lipinski definition) is 4. The van der Waals surface area contributed by atoms with Gasteiger partial charge in [-0.1, -0.05) is 12.1 Å². The second kappa shape index (κ2) is 7.34. The van der Waals surface area contributed by atoms with Crippen LogP contribution in [-0.2, 0) is 6.42 Å². The molecule has 20 heavy (non-hydrogen) atoms. The Balaban J connectivity index is 1.70. The van der Waals surface area contributed by atoms with Crippen LogP contribution in [0.15, 0.2) is 24.3 Å². The number of thioether (sulfide) groups is 1. The summed E-state index contributed by atoms with van der Waals surface area (Å²) < 4.78 is 5.16. The summed E-state index contributed by atoms with van der Waals surface area (Å²) >= 11 is 1.84. The molecule has 1 saturated heterocycles. The molecule has 1 aliphatic rings. The van der Waals surface area contributed by atoms with Crippen molar-refractivity contribution in [3.05, 3.63) is 29.8 Å². The van der Waals surface area contributed by atoms with E-state index < -0.39 is 5.60 Å². The first-order valence-corrected chi connectivity index (χ1v) is 8.43. The van der Waals surface area contributed by atoms with Crippen LogP contribution in [0.25, 0.3) is 0 Å². The van der Waals surface area contributed by atoms with Crippen molar-refractivity contribution in [3.63, 3.8) is 0 Å². The molecule has 1 aliphatic heterocycles. The zero-order valence-electron chi connectivity index (χ0n) is 12.4. The summed E-state index contributed by atoms with van der Waals surface area (Å²) in [5.74, 6) is 2.85. The summed E-state index contributed by atoms with van der Waals surface area (Å²) in [6.07, 6.45) is 3.04. The number of methoxy groups -OCH3 is 1. The van der Waals surface area contributed by atoms with Gasteiger partial charge in [0.15, 0.2) is 0 Å². The van der Waals surface area contributed by atoms with Crippen LogP contribution in [0.3, 0.4) is 0 Å². The van der Waals surface area contributed by atoms with E-state index in [1.807, 2.05) is 23.9 Å². The van der Waals surface area contributed by atoms with Gasteiger partial charge in [0.25, 0.3) is 0 Å². The molecule has 0 aromatic heterocycles. The fraction of sp³-hybridized carbons (Fsp3) is 0.625. The number of nitrogens with one attached hydrogen (secondary N) is 1. The van der Waals surface area contributed by atoms with Gasteiger partial charge in [-0.3, -0.25) is 0 Å². The van der Waals surface area contributed by atoms with Crippen LogP contribution in [0.5, 0.6) is 5.75 Å². The molecule has 2 atom stereocenters. The molecule has 0 spiro atoms. The Morgan fingerprint density at radius 2 is 2.15 bits per heavy atom. The van der Waals surface area contributed by atoms with Crippen molar-refractivity contribution in [2.45, 2.75) is 37.8 Å². The first kappa shape index (κ1) is 15.7. The van der Waals surface area contributed by atoms with Gasteiger partial charge in [0.1, 0.15) is 5.75 Å². The zero-order valence-corrected chi connectivity index (χ0v) is 13.2. The number of ether oxygens (including phenoxy) is 1. The average molecular weight is 295 g/mol. The number of benzene rings is 1. The molecule has 0 aliphatic carbocycles. The Hall–Kier alpha value is -0.710. The fourth-order valence-electron chi connectivity index (χ4n) is 2.38. The van der Waals surface area contributed by atoms with Gasteiger partial charge in [-0.05, 0) is 49.6 Å². The molecule has 4 heteroatoms. The normalized spacial score (nSPS) is 23.8. The van der Waals surface area contributed by atoms with Gasteiger partial charge in [-0.2, -0.15) is 11.8 Å². The molecule has 2 unspecified atom stereocenters. The molecular weight excluding hydrogens is 270 g/mol. The maximum atomic E-state index is 10.3. The predicted octanol–water partition coefficient (Wildman–Crippen LogP) is 2.47. The highest BCUT2D eigenvalue weighted by molar-refractivity contribution is 7.99. The quantitative estimate of drug-likeness (QED) is 0.811. The zero-order chi connectivity index (χ0) is 14.4. The van der Waals surface area contributed by atoms with Crippen LogP contribution in [0.4, 0.5) is 0 Å². The summed E-state index contributed by atoms with van der Waals surface area (Å²) in [6, 6.07) is 8.67. The number of hydrogen-bond donors (Lipinski definition) is 2. The van der Waals surface area contributed by atoms with Crippen LogP contribution < -0.4 is 10.1 Å².